The highest BCUT2D eigenvalue weighted by Crippen LogP contribution is 2.63. The molecule has 2 aliphatic rings. The van der Waals surface area contributed by atoms with Crippen LogP contribution in [0.2, 0.25) is 0 Å². The number of halogens is 4. The van der Waals surface area contributed by atoms with Gasteiger partial charge in [0, 0.05) is 30.8 Å². The van der Waals surface area contributed by atoms with Gasteiger partial charge in [0.2, 0.25) is 5.88 Å². The van der Waals surface area contributed by atoms with E-state index in [-0.39, 0.29) is 12.4 Å². The molecular weight excluding hydrogens is 318 g/mol. The number of carbonyl (C=O) groups excluding carboxylic acids is 1. The Morgan fingerprint density at radius 1 is 1.43 bits per heavy atom. The minimum absolute atomic E-state index is 0.0468. The summed E-state index contributed by atoms with van der Waals surface area (Å²) in [4.78, 5) is 15.4. The quantitative estimate of drug-likeness (QED) is 0.814. The van der Waals surface area contributed by atoms with E-state index < -0.39 is 36.4 Å². The fraction of sp³-hybridized carbons (Fsp3) is 0.571. The molecule has 0 bridgehead atoms. The highest BCUT2D eigenvalue weighted by atomic mass is 19.3. The normalized spacial score (nSPS) is 27.4. The van der Waals surface area contributed by atoms with Crippen molar-refractivity contribution >= 4 is 6.03 Å². The van der Waals surface area contributed by atoms with Crippen LogP contribution >= 0.6 is 0 Å². The first-order valence-corrected chi connectivity index (χ1v) is 7.20. The van der Waals surface area contributed by atoms with Crippen molar-refractivity contribution in [3.8, 4) is 5.88 Å². The summed E-state index contributed by atoms with van der Waals surface area (Å²) < 4.78 is 54.9. The Balaban J connectivity index is 1.48. The summed E-state index contributed by atoms with van der Waals surface area (Å²) in [5.41, 5.74) is 0.506. The van der Waals surface area contributed by atoms with Crippen LogP contribution in [0, 0.1) is 11.8 Å². The molecule has 23 heavy (non-hydrogen) atoms. The molecule has 3 unspecified atom stereocenters. The van der Waals surface area contributed by atoms with E-state index in [1.807, 2.05) is 0 Å². The van der Waals surface area contributed by atoms with Gasteiger partial charge in [0.05, 0.1) is 5.92 Å². The Morgan fingerprint density at radius 3 is 2.87 bits per heavy atom. The van der Waals surface area contributed by atoms with Crippen molar-refractivity contribution in [3.63, 3.8) is 0 Å². The van der Waals surface area contributed by atoms with Crippen LogP contribution in [0.25, 0.3) is 0 Å². The molecule has 2 aliphatic carbocycles. The summed E-state index contributed by atoms with van der Waals surface area (Å²) in [6, 6.07) is 1.71. The lowest BCUT2D eigenvalue weighted by atomic mass is 10.1. The molecule has 1 aromatic rings. The van der Waals surface area contributed by atoms with Crippen LogP contribution in [0.4, 0.5) is 22.4 Å². The van der Waals surface area contributed by atoms with Crippen molar-refractivity contribution < 1.29 is 27.1 Å². The summed E-state index contributed by atoms with van der Waals surface area (Å²) in [7, 11) is 0. The largest absolute Gasteiger partial charge is 0.417 e. The van der Waals surface area contributed by atoms with E-state index in [0.717, 1.165) is 0 Å². The van der Waals surface area contributed by atoms with Gasteiger partial charge in [-0.15, -0.1) is 0 Å². The molecule has 2 amide bonds. The van der Waals surface area contributed by atoms with Gasteiger partial charge in [-0.05, 0) is 24.5 Å². The average molecular weight is 333 g/mol. The van der Waals surface area contributed by atoms with Crippen LogP contribution in [0.5, 0.6) is 5.88 Å². The molecule has 1 aromatic heterocycles. The topological polar surface area (TPSA) is 63.2 Å². The number of amides is 2. The van der Waals surface area contributed by atoms with Crippen LogP contribution in [0.1, 0.15) is 18.4 Å². The van der Waals surface area contributed by atoms with Crippen LogP contribution in [-0.2, 0) is 6.54 Å². The monoisotopic (exact) mass is 333 g/mol. The van der Waals surface area contributed by atoms with Gasteiger partial charge in [-0.1, -0.05) is 0 Å². The van der Waals surface area contributed by atoms with E-state index in [9.17, 15) is 22.4 Å². The standard InChI is InChI=1S/C14H15F4N3O2/c15-12(16)23-10-5-7(3-4-19-10)6-20-13(22)21-9-2-1-8-11(9)14(8,17)18/h3-5,8-9,11-12H,1-2,6H2,(H2,20,21,22). The van der Waals surface area contributed by atoms with Crippen molar-refractivity contribution in [2.45, 2.75) is 38.0 Å². The molecule has 3 rings (SSSR count). The number of hydrogen-bond donors (Lipinski definition) is 2. The zero-order chi connectivity index (χ0) is 16.6. The molecule has 1 heterocycles. The van der Waals surface area contributed by atoms with Crippen molar-refractivity contribution in [2.75, 3.05) is 0 Å². The van der Waals surface area contributed by atoms with Crippen molar-refractivity contribution in [1.82, 2.24) is 15.6 Å². The lowest BCUT2D eigenvalue weighted by Gasteiger charge is -2.16. The predicted octanol–water partition coefficient (Wildman–Crippen LogP) is 2.53. The van der Waals surface area contributed by atoms with E-state index in [1.165, 1.54) is 18.3 Å². The molecule has 2 N–H and O–H groups in total. The van der Waals surface area contributed by atoms with Crippen molar-refractivity contribution in [1.29, 1.82) is 0 Å². The second-order valence-corrected chi connectivity index (χ2v) is 5.70. The second kappa shape index (κ2) is 5.86. The zero-order valence-corrected chi connectivity index (χ0v) is 11.9. The van der Waals surface area contributed by atoms with Crippen molar-refractivity contribution in [3.05, 3.63) is 23.9 Å². The summed E-state index contributed by atoms with van der Waals surface area (Å²) in [5, 5.41) is 5.05. The van der Waals surface area contributed by atoms with Gasteiger partial charge in [-0.2, -0.15) is 8.78 Å². The molecule has 9 heteroatoms. The number of aromatic nitrogens is 1. The molecule has 0 radical (unpaired) electrons. The molecule has 126 valence electrons. The van der Waals surface area contributed by atoms with Gasteiger partial charge in [-0.3, -0.25) is 0 Å². The van der Waals surface area contributed by atoms with E-state index in [0.29, 0.717) is 18.4 Å². The number of nitrogens with zero attached hydrogens (tertiary/aromatic N) is 1. The van der Waals surface area contributed by atoms with Crippen LogP contribution in [0.15, 0.2) is 18.3 Å². The summed E-state index contributed by atoms with van der Waals surface area (Å²) in [6.45, 7) is -2.94. The minimum Gasteiger partial charge on any atom is -0.417 e. The lowest BCUT2D eigenvalue weighted by Crippen LogP contribution is -2.43. The molecule has 0 saturated heterocycles. The molecule has 2 fully saturated rings. The first-order valence-electron chi connectivity index (χ1n) is 7.20. The number of urea groups is 1. The van der Waals surface area contributed by atoms with Crippen molar-refractivity contribution in [2.24, 2.45) is 11.8 Å². The molecule has 2 saturated carbocycles. The van der Waals surface area contributed by atoms with Crippen LogP contribution in [-0.4, -0.2) is 29.6 Å². The lowest BCUT2D eigenvalue weighted by molar-refractivity contribution is -0.0529. The molecule has 5 nitrogen and oxygen atoms in total. The summed E-state index contributed by atoms with van der Waals surface area (Å²) in [5.74, 6) is -4.29. The zero-order valence-electron chi connectivity index (χ0n) is 11.9. The number of hydrogen-bond acceptors (Lipinski definition) is 3. The van der Waals surface area contributed by atoms with Gasteiger partial charge < -0.3 is 15.4 Å². The number of pyridine rings is 1. The first kappa shape index (κ1) is 15.8. The van der Waals surface area contributed by atoms with Crippen LogP contribution < -0.4 is 15.4 Å². The van der Waals surface area contributed by atoms with Crippen LogP contribution in [0.3, 0.4) is 0 Å². The van der Waals surface area contributed by atoms with E-state index in [2.05, 4.69) is 20.4 Å². The van der Waals surface area contributed by atoms with Gasteiger partial charge >= 0.3 is 12.6 Å². The molecule has 0 aromatic carbocycles. The number of carbonyl (C=O) groups is 1. The maximum Gasteiger partial charge on any atom is 0.388 e. The highest BCUT2D eigenvalue weighted by Gasteiger charge is 2.73. The van der Waals surface area contributed by atoms with E-state index in [1.54, 1.807) is 0 Å². The smallest absolute Gasteiger partial charge is 0.388 e. The predicted molar refractivity (Wildman–Crippen MR) is 71.2 cm³/mol. The Morgan fingerprint density at radius 2 is 2.22 bits per heavy atom. The first-order chi connectivity index (χ1) is 10.9. The molecule has 0 spiro atoms. The minimum atomic E-state index is -2.98. The van der Waals surface area contributed by atoms with Gasteiger partial charge in [0.1, 0.15) is 0 Å². The van der Waals surface area contributed by atoms with Gasteiger partial charge in [0.25, 0.3) is 5.92 Å². The third kappa shape index (κ3) is 3.32. The second-order valence-electron chi connectivity index (χ2n) is 5.70. The number of nitrogens with one attached hydrogen (secondary N) is 2. The SMILES string of the molecule is O=C(NCc1ccnc(OC(F)F)c1)NC1CCC2C1C2(F)F. The van der Waals surface area contributed by atoms with E-state index >= 15 is 0 Å². The molecule has 0 aliphatic heterocycles. The maximum atomic E-state index is 13.3. The molecule has 3 atom stereocenters. The fourth-order valence-corrected chi connectivity index (χ4v) is 3.16. The third-order valence-electron chi connectivity index (χ3n) is 4.26. The highest BCUT2D eigenvalue weighted by molar-refractivity contribution is 5.74. The Hall–Kier alpha value is -2.06. The maximum absolute atomic E-state index is 13.3. The van der Waals surface area contributed by atoms with Gasteiger partial charge in [0.15, 0.2) is 0 Å². The molecular formula is C14H15F4N3O2. The number of rotatable bonds is 5. The van der Waals surface area contributed by atoms with E-state index in [4.69, 9.17) is 0 Å². The summed E-state index contributed by atoms with van der Waals surface area (Å²) in [6.07, 6.45) is 2.24. The van der Waals surface area contributed by atoms with Gasteiger partial charge in [-0.25, -0.2) is 18.6 Å². The number of ether oxygens (including phenoxy) is 1. The Kier molecular flexibility index (Phi) is 4.03. The Bertz CT molecular complexity index is 599. The third-order valence-corrected chi connectivity index (χ3v) is 4.26. The number of alkyl halides is 4. The Labute approximate surface area is 129 Å². The number of fused-ring (bicyclic) bond motifs is 1. The summed E-state index contributed by atoms with van der Waals surface area (Å²) >= 11 is 0. The fourth-order valence-electron chi connectivity index (χ4n) is 3.16. The average Bonchev–Trinajstić information content (AvgIpc) is 2.81.